The van der Waals surface area contributed by atoms with E-state index >= 15 is 0 Å². The van der Waals surface area contributed by atoms with Crippen LogP contribution in [0.25, 0.3) is 0 Å². The molecule has 0 aliphatic carbocycles. The number of sulfonamides is 1. The zero-order valence-corrected chi connectivity index (χ0v) is 11.0. The molecule has 0 unspecified atom stereocenters. The van der Waals surface area contributed by atoms with Crippen molar-refractivity contribution in [1.29, 1.82) is 0 Å². The molecule has 0 heterocycles. The summed E-state index contributed by atoms with van der Waals surface area (Å²) >= 11 is 0. The average molecular weight is 268 g/mol. The van der Waals surface area contributed by atoms with E-state index in [1.165, 1.54) is 6.08 Å². The molecule has 5 nitrogen and oxygen atoms in total. The minimum Gasteiger partial charge on any atom is -0.348 e. The number of carbonyl (C=O) groups excluding carboxylic acids is 1. The standard InChI is InChI=1S/C12H16N2O3S/c1-3-12(15)13-9-10-6-5-7-11(8-10)14-18(16,17)4-2/h3,5-8,14H,1,4,9H2,2H3,(H,13,15). The summed E-state index contributed by atoms with van der Waals surface area (Å²) < 4.78 is 25.2. The minimum atomic E-state index is -3.28. The normalized spacial score (nSPS) is 10.7. The number of nitrogens with one attached hydrogen (secondary N) is 2. The Morgan fingerprint density at radius 3 is 2.78 bits per heavy atom. The molecular weight excluding hydrogens is 252 g/mol. The molecule has 0 spiro atoms. The first kappa shape index (κ1) is 14.2. The van der Waals surface area contributed by atoms with Crippen LogP contribution in [0.1, 0.15) is 12.5 Å². The van der Waals surface area contributed by atoms with E-state index in [4.69, 9.17) is 0 Å². The second-order valence-corrected chi connectivity index (χ2v) is 5.64. The molecule has 0 aliphatic rings. The summed E-state index contributed by atoms with van der Waals surface area (Å²) in [6.07, 6.45) is 1.18. The van der Waals surface area contributed by atoms with Gasteiger partial charge in [0.1, 0.15) is 0 Å². The summed E-state index contributed by atoms with van der Waals surface area (Å²) in [5.41, 5.74) is 1.30. The molecule has 0 atom stereocenters. The fourth-order valence-electron chi connectivity index (χ4n) is 1.26. The van der Waals surface area contributed by atoms with E-state index in [0.29, 0.717) is 12.2 Å². The lowest BCUT2D eigenvalue weighted by Crippen LogP contribution is -2.20. The van der Waals surface area contributed by atoms with Gasteiger partial charge in [-0.1, -0.05) is 18.7 Å². The quantitative estimate of drug-likeness (QED) is 0.762. The Labute approximate surface area is 107 Å². The average Bonchev–Trinajstić information content (AvgIpc) is 2.36. The largest absolute Gasteiger partial charge is 0.348 e. The third kappa shape index (κ3) is 4.58. The molecule has 6 heteroatoms. The fraction of sp³-hybridized carbons (Fsp3) is 0.250. The first-order chi connectivity index (χ1) is 8.46. The lowest BCUT2D eigenvalue weighted by atomic mass is 10.2. The van der Waals surface area contributed by atoms with Gasteiger partial charge >= 0.3 is 0 Å². The maximum atomic E-state index is 11.4. The van der Waals surface area contributed by atoms with Gasteiger partial charge in [0.15, 0.2) is 0 Å². The first-order valence-corrected chi connectivity index (χ1v) is 7.12. The van der Waals surface area contributed by atoms with Gasteiger partial charge in [0.05, 0.1) is 5.75 Å². The molecule has 0 saturated carbocycles. The van der Waals surface area contributed by atoms with Gasteiger partial charge < -0.3 is 5.32 Å². The summed E-state index contributed by atoms with van der Waals surface area (Å²) in [6, 6.07) is 6.86. The zero-order chi connectivity index (χ0) is 13.6. The molecule has 0 aromatic heterocycles. The van der Waals surface area contributed by atoms with Crippen molar-refractivity contribution in [2.75, 3.05) is 10.5 Å². The summed E-state index contributed by atoms with van der Waals surface area (Å²) in [7, 11) is -3.28. The van der Waals surface area contributed by atoms with Crippen LogP contribution in [-0.4, -0.2) is 20.1 Å². The molecule has 0 bridgehead atoms. The van der Waals surface area contributed by atoms with Crippen molar-refractivity contribution in [3.63, 3.8) is 0 Å². The van der Waals surface area contributed by atoms with Gasteiger partial charge in [-0.05, 0) is 30.7 Å². The zero-order valence-electron chi connectivity index (χ0n) is 10.1. The molecule has 98 valence electrons. The van der Waals surface area contributed by atoms with Gasteiger partial charge in [0, 0.05) is 12.2 Å². The molecule has 0 radical (unpaired) electrons. The van der Waals surface area contributed by atoms with Gasteiger partial charge in [0.25, 0.3) is 0 Å². The number of amides is 1. The highest BCUT2D eigenvalue weighted by molar-refractivity contribution is 7.92. The van der Waals surface area contributed by atoms with Crippen LogP contribution in [-0.2, 0) is 21.4 Å². The maximum Gasteiger partial charge on any atom is 0.243 e. The van der Waals surface area contributed by atoms with E-state index in [1.54, 1.807) is 31.2 Å². The number of anilines is 1. The Hall–Kier alpha value is -1.82. The molecule has 1 aromatic rings. The molecule has 0 fully saturated rings. The first-order valence-electron chi connectivity index (χ1n) is 5.46. The van der Waals surface area contributed by atoms with Gasteiger partial charge in [-0.3, -0.25) is 9.52 Å². The fourth-order valence-corrected chi connectivity index (χ4v) is 1.89. The molecule has 0 saturated heterocycles. The predicted molar refractivity (Wildman–Crippen MR) is 71.6 cm³/mol. The SMILES string of the molecule is C=CC(=O)NCc1cccc(NS(=O)(=O)CC)c1. The Bertz CT molecular complexity index is 538. The van der Waals surface area contributed by atoms with Gasteiger partial charge in [-0.25, -0.2) is 8.42 Å². The van der Waals surface area contributed by atoms with Crippen molar-refractivity contribution in [1.82, 2.24) is 5.32 Å². The third-order valence-electron chi connectivity index (χ3n) is 2.23. The second kappa shape index (κ2) is 6.20. The second-order valence-electron chi connectivity index (χ2n) is 3.63. The molecule has 18 heavy (non-hydrogen) atoms. The Morgan fingerprint density at radius 2 is 2.17 bits per heavy atom. The Balaban J connectivity index is 2.73. The summed E-state index contributed by atoms with van der Waals surface area (Å²) in [6.45, 7) is 5.24. The number of rotatable bonds is 6. The van der Waals surface area contributed by atoms with E-state index in [-0.39, 0.29) is 11.7 Å². The van der Waals surface area contributed by atoms with Gasteiger partial charge in [0.2, 0.25) is 15.9 Å². The van der Waals surface area contributed by atoms with E-state index in [1.807, 2.05) is 0 Å². The molecule has 1 aromatic carbocycles. The number of hydrogen-bond donors (Lipinski definition) is 2. The van der Waals surface area contributed by atoms with Crippen LogP contribution in [0.4, 0.5) is 5.69 Å². The summed E-state index contributed by atoms with van der Waals surface area (Å²) in [5, 5.41) is 2.62. The summed E-state index contributed by atoms with van der Waals surface area (Å²) in [4.78, 5) is 11.0. The molecule has 1 rings (SSSR count). The monoisotopic (exact) mass is 268 g/mol. The number of hydrogen-bond acceptors (Lipinski definition) is 3. The van der Waals surface area contributed by atoms with Crippen molar-refractivity contribution >= 4 is 21.6 Å². The number of benzene rings is 1. The van der Waals surface area contributed by atoms with Crippen molar-refractivity contribution in [3.05, 3.63) is 42.5 Å². The van der Waals surface area contributed by atoms with Crippen LogP contribution in [0.3, 0.4) is 0 Å². The van der Waals surface area contributed by atoms with Crippen LogP contribution < -0.4 is 10.0 Å². The maximum absolute atomic E-state index is 11.4. The molecule has 0 aliphatic heterocycles. The molecular formula is C12H16N2O3S. The minimum absolute atomic E-state index is 0.0183. The highest BCUT2D eigenvalue weighted by Crippen LogP contribution is 2.12. The van der Waals surface area contributed by atoms with Crippen LogP contribution in [0.2, 0.25) is 0 Å². The highest BCUT2D eigenvalue weighted by atomic mass is 32.2. The van der Waals surface area contributed by atoms with Crippen LogP contribution in [0.15, 0.2) is 36.9 Å². The highest BCUT2D eigenvalue weighted by Gasteiger charge is 2.06. The van der Waals surface area contributed by atoms with Crippen molar-refractivity contribution in [3.8, 4) is 0 Å². The van der Waals surface area contributed by atoms with E-state index in [0.717, 1.165) is 5.56 Å². The summed E-state index contributed by atoms with van der Waals surface area (Å²) in [5.74, 6) is -0.251. The van der Waals surface area contributed by atoms with Crippen LogP contribution >= 0.6 is 0 Å². The van der Waals surface area contributed by atoms with Gasteiger partial charge in [-0.2, -0.15) is 0 Å². The Morgan fingerprint density at radius 1 is 1.44 bits per heavy atom. The van der Waals surface area contributed by atoms with E-state index in [2.05, 4.69) is 16.6 Å². The molecule has 1 amide bonds. The van der Waals surface area contributed by atoms with Crippen LogP contribution in [0, 0.1) is 0 Å². The van der Waals surface area contributed by atoms with E-state index in [9.17, 15) is 13.2 Å². The topological polar surface area (TPSA) is 75.3 Å². The Kier molecular flexibility index (Phi) is 4.91. The van der Waals surface area contributed by atoms with Gasteiger partial charge in [-0.15, -0.1) is 0 Å². The predicted octanol–water partition coefficient (Wildman–Crippen LogP) is 1.25. The number of carbonyl (C=O) groups is 1. The van der Waals surface area contributed by atoms with Crippen molar-refractivity contribution < 1.29 is 13.2 Å². The smallest absolute Gasteiger partial charge is 0.243 e. The molecule has 2 N–H and O–H groups in total. The van der Waals surface area contributed by atoms with Crippen LogP contribution in [0.5, 0.6) is 0 Å². The van der Waals surface area contributed by atoms with E-state index < -0.39 is 10.0 Å². The van der Waals surface area contributed by atoms with Crippen molar-refractivity contribution in [2.24, 2.45) is 0 Å². The third-order valence-corrected chi connectivity index (χ3v) is 3.54. The van der Waals surface area contributed by atoms with Crippen molar-refractivity contribution in [2.45, 2.75) is 13.5 Å². The lowest BCUT2D eigenvalue weighted by molar-refractivity contribution is -0.116. The lowest BCUT2D eigenvalue weighted by Gasteiger charge is -2.08.